The second-order valence-corrected chi connectivity index (χ2v) is 5.82. The van der Waals surface area contributed by atoms with Crippen LogP contribution < -0.4 is 5.32 Å². The van der Waals surface area contributed by atoms with E-state index in [1.165, 1.54) is 5.56 Å². The first-order valence-electron chi connectivity index (χ1n) is 7.98. The number of pyridine rings is 1. The highest BCUT2D eigenvalue weighted by Gasteiger charge is 2.18. The molecule has 0 atom stereocenters. The number of hydrogen-bond donors (Lipinski definition) is 1. The highest BCUT2D eigenvalue weighted by Crippen LogP contribution is 2.09. The van der Waals surface area contributed by atoms with Crippen LogP contribution in [-0.4, -0.2) is 53.4 Å². The molecular weight excluding hydrogens is 288 g/mol. The number of amides is 1. The smallest absolute Gasteiger partial charge is 0.238 e. The summed E-state index contributed by atoms with van der Waals surface area (Å²) in [6, 6.07) is 14.1. The van der Waals surface area contributed by atoms with Gasteiger partial charge in [-0.15, -0.1) is 0 Å². The van der Waals surface area contributed by atoms with Gasteiger partial charge in [-0.05, 0) is 17.7 Å². The van der Waals surface area contributed by atoms with Gasteiger partial charge in [0, 0.05) is 50.8 Å². The minimum Gasteiger partial charge on any atom is -0.325 e. The molecule has 0 unspecified atom stereocenters. The standard InChI is InChI=1S/C18H22N4O/c23-18(20-17-6-8-19-9-7-17)15-22-12-10-21(11-13-22)14-16-4-2-1-3-5-16/h1-9H,10-15H2,(H,19,20,23). The van der Waals surface area contributed by atoms with E-state index in [-0.39, 0.29) is 5.91 Å². The third-order valence-corrected chi connectivity index (χ3v) is 4.05. The molecule has 1 aromatic carbocycles. The maximum absolute atomic E-state index is 12.1. The molecule has 0 saturated carbocycles. The van der Waals surface area contributed by atoms with Crippen molar-refractivity contribution in [3.8, 4) is 0 Å². The van der Waals surface area contributed by atoms with Gasteiger partial charge in [0.15, 0.2) is 0 Å². The third kappa shape index (κ3) is 4.87. The topological polar surface area (TPSA) is 48.5 Å². The molecule has 5 nitrogen and oxygen atoms in total. The molecule has 1 aliphatic heterocycles. The Morgan fingerprint density at radius 3 is 2.30 bits per heavy atom. The Hall–Kier alpha value is -2.24. The van der Waals surface area contributed by atoms with Crippen molar-refractivity contribution in [3.63, 3.8) is 0 Å². The van der Waals surface area contributed by atoms with E-state index in [1.54, 1.807) is 24.5 Å². The third-order valence-electron chi connectivity index (χ3n) is 4.05. The quantitative estimate of drug-likeness (QED) is 0.915. The van der Waals surface area contributed by atoms with Gasteiger partial charge in [-0.2, -0.15) is 0 Å². The zero-order valence-corrected chi connectivity index (χ0v) is 13.2. The average Bonchev–Trinajstić information content (AvgIpc) is 2.58. The number of rotatable bonds is 5. The van der Waals surface area contributed by atoms with Crippen LogP contribution in [0, 0.1) is 0 Å². The Balaban J connectivity index is 1.41. The lowest BCUT2D eigenvalue weighted by molar-refractivity contribution is -0.117. The molecule has 2 aromatic rings. The van der Waals surface area contributed by atoms with Crippen LogP contribution in [0.5, 0.6) is 0 Å². The molecule has 1 aromatic heterocycles. The summed E-state index contributed by atoms with van der Waals surface area (Å²) in [6.07, 6.45) is 3.36. The molecule has 2 heterocycles. The van der Waals surface area contributed by atoms with Crippen molar-refractivity contribution in [1.29, 1.82) is 0 Å². The summed E-state index contributed by atoms with van der Waals surface area (Å²) in [4.78, 5) is 20.7. The maximum atomic E-state index is 12.1. The Labute approximate surface area is 136 Å². The molecule has 1 amide bonds. The summed E-state index contributed by atoms with van der Waals surface area (Å²) in [6.45, 7) is 5.28. The first kappa shape index (κ1) is 15.6. The number of carbonyl (C=O) groups is 1. The van der Waals surface area contributed by atoms with Gasteiger partial charge in [-0.25, -0.2) is 0 Å². The number of anilines is 1. The first-order chi connectivity index (χ1) is 11.3. The normalized spacial score (nSPS) is 16.2. The van der Waals surface area contributed by atoms with E-state index < -0.39 is 0 Å². The highest BCUT2D eigenvalue weighted by atomic mass is 16.2. The summed E-state index contributed by atoms with van der Waals surface area (Å²) in [5.41, 5.74) is 2.14. The summed E-state index contributed by atoms with van der Waals surface area (Å²) >= 11 is 0. The van der Waals surface area contributed by atoms with Crippen molar-refractivity contribution in [2.24, 2.45) is 0 Å². The van der Waals surface area contributed by atoms with Gasteiger partial charge >= 0.3 is 0 Å². The molecule has 0 aliphatic carbocycles. The van der Waals surface area contributed by atoms with Crippen LogP contribution in [0.25, 0.3) is 0 Å². The fourth-order valence-corrected chi connectivity index (χ4v) is 2.79. The van der Waals surface area contributed by atoms with Crippen molar-refractivity contribution < 1.29 is 4.79 Å². The molecule has 120 valence electrons. The predicted octanol–water partition coefficient (Wildman–Crippen LogP) is 1.84. The monoisotopic (exact) mass is 310 g/mol. The SMILES string of the molecule is O=C(CN1CCN(Cc2ccccc2)CC1)Nc1ccncc1. The molecule has 0 bridgehead atoms. The number of aromatic nitrogens is 1. The summed E-state index contributed by atoms with van der Waals surface area (Å²) < 4.78 is 0. The van der Waals surface area contributed by atoms with Gasteiger partial charge in [-0.3, -0.25) is 19.6 Å². The zero-order chi connectivity index (χ0) is 15.9. The molecule has 3 rings (SSSR count). The van der Waals surface area contributed by atoms with E-state index in [9.17, 15) is 4.79 Å². The maximum Gasteiger partial charge on any atom is 0.238 e. The summed E-state index contributed by atoms with van der Waals surface area (Å²) in [7, 11) is 0. The molecular formula is C18H22N4O. The summed E-state index contributed by atoms with van der Waals surface area (Å²) in [5, 5.41) is 2.91. The number of benzene rings is 1. The van der Waals surface area contributed by atoms with Gasteiger partial charge in [0.05, 0.1) is 6.54 Å². The fourth-order valence-electron chi connectivity index (χ4n) is 2.79. The van der Waals surface area contributed by atoms with Crippen LogP contribution in [0.3, 0.4) is 0 Å². The van der Waals surface area contributed by atoms with Crippen LogP contribution in [0.1, 0.15) is 5.56 Å². The van der Waals surface area contributed by atoms with Crippen molar-refractivity contribution in [3.05, 3.63) is 60.4 Å². The lowest BCUT2D eigenvalue weighted by atomic mass is 10.2. The van der Waals surface area contributed by atoms with Gasteiger partial charge in [0.1, 0.15) is 0 Å². The molecule has 0 radical (unpaired) electrons. The van der Waals surface area contributed by atoms with Crippen LogP contribution >= 0.6 is 0 Å². The van der Waals surface area contributed by atoms with E-state index in [4.69, 9.17) is 0 Å². The van der Waals surface area contributed by atoms with Crippen LogP contribution in [0.2, 0.25) is 0 Å². The first-order valence-corrected chi connectivity index (χ1v) is 7.98. The second-order valence-electron chi connectivity index (χ2n) is 5.82. The second kappa shape index (κ2) is 7.85. The van der Waals surface area contributed by atoms with E-state index in [1.807, 2.05) is 6.07 Å². The average molecular weight is 310 g/mol. The zero-order valence-electron chi connectivity index (χ0n) is 13.2. The minimum absolute atomic E-state index is 0.0349. The van der Waals surface area contributed by atoms with Gasteiger partial charge < -0.3 is 5.32 Å². The molecule has 1 saturated heterocycles. The van der Waals surface area contributed by atoms with Crippen molar-refractivity contribution in [1.82, 2.24) is 14.8 Å². The molecule has 1 fully saturated rings. The summed E-state index contributed by atoms with van der Waals surface area (Å²) in [5.74, 6) is 0.0349. The van der Waals surface area contributed by atoms with E-state index in [0.717, 1.165) is 38.4 Å². The Bertz CT molecular complexity index is 609. The Morgan fingerprint density at radius 1 is 0.957 bits per heavy atom. The fraction of sp³-hybridized carbons (Fsp3) is 0.333. The number of carbonyl (C=O) groups excluding carboxylic acids is 1. The number of hydrogen-bond acceptors (Lipinski definition) is 4. The van der Waals surface area contributed by atoms with Gasteiger partial charge in [0.2, 0.25) is 5.91 Å². The number of piperazine rings is 1. The minimum atomic E-state index is 0.0349. The Kier molecular flexibility index (Phi) is 5.34. The van der Waals surface area contributed by atoms with Crippen molar-refractivity contribution >= 4 is 11.6 Å². The molecule has 0 spiro atoms. The van der Waals surface area contributed by atoms with Crippen LogP contribution in [-0.2, 0) is 11.3 Å². The molecule has 1 aliphatic rings. The van der Waals surface area contributed by atoms with Gasteiger partial charge in [0.25, 0.3) is 0 Å². The molecule has 23 heavy (non-hydrogen) atoms. The number of nitrogens with zero attached hydrogens (tertiary/aromatic N) is 3. The predicted molar refractivity (Wildman–Crippen MR) is 91.0 cm³/mol. The van der Waals surface area contributed by atoms with Crippen LogP contribution in [0.15, 0.2) is 54.9 Å². The highest BCUT2D eigenvalue weighted by molar-refractivity contribution is 5.92. The van der Waals surface area contributed by atoms with E-state index in [0.29, 0.717) is 6.54 Å². The number of nitrogens with one attached hydrogen (secondary N) is 1. The Morgan fingerprint density at radius 2 is 1.61 bits per heavy atom. The lowest BCUT2D eigenvalue weighted by Gasteiger charge is -2.34. The van der Waals surface area contributed by atoms with E-state index in [2.05, 4.69) is 44.4 Å². The van der Waals surface area contributed by atoms with Crippen LogP contribution in [0.4, 0.5) is 5.69 Å². The molecule has 1 N–H and O–H groups in total. The van der Waals surface area contributed by atoms with Crippen molar-refractivity contribution in [2.75, 3.05) is 38.0 Å². The molecule has 5 heteroatoms. The lowest BCUT2D eigenvalue weighted by Crippen LogP contribution is -2.48. The largest absolute Gasteiger partial charge is 0.325 e. The van der Waals surface area contributed by atoms with Crippen molar-refractivity contribution in [2.45, 2.75) is 6.54 Å². The van der Waals surface area contributed by atoms with E-state index >= 15 is 0 Å². The van der Waals surface area contributed by atoms with Gasteiger partial charge in [-0.1, -0.05) is 30.3 Å².